The van der Waals surface area contributed by atoms with E-state index in [1.807, 2.05) is 0 Å². The Hall–Kier alpha value is -1.84. The number of hydrogen-bond donors (Lipinski definition) is 3. The smallest absolute Gasteiger partial charge is 0.457 e. The van der Waals surface area contributed by atoms with Crippen LogP contribution in [0.2, 0.25) is 0 Å². The molecule has 0 heterocycles. The summed E-state index contributed by atoms with van der Waals surface area (Å²) in [6.45, 7) is 3.44. The van der Waals surface area contributed by atoms with Crippen LogP contribution in [0.15, 0.2) is 60.8 Å². The van der Waals surface area contributed by atoms with Crippen molar-refractivity contribution in [2.75, 3.05) is 33.0 Å². The lowest BCUT2D eigenvalue weighted by atomic mass is 10.0. The van der Waals surface area contributed by atoms with E-state index < -0.39 is 33.2 Å². The average Bonchev–Trinajstić information content (AvgIpc) is 3.33. The van der Waals surface area contributed by atoms with E-state index >= 15 is 0 Å². The van der Waals surface area contributed by atoms with Gasteiger partial charge in [-0.15, -0.1) is 0 Å². The molecule has 0 amide bonds. The van der Waals surface area contributed by atoms with Gasteiger partial charge in [-0.3, -0.25) is 13.8 Å². The van der Waals surface area contributed by atoms with E-state index in [2.05, 4.69) is 74.6 Å². The highest BCUT2D eigenvalue weighted by Gasteiger charge is 2.26. The molecule has 10 heteroatoms. The minimum absolute atomic E-state index is 0.0471. The normalized spacial score (nSPS) is 14.1. The largest absolute Gasteiger partial charge is 0.472 e. The molecule has 3 N–H and O–H groups in total. The van der Waals surface area contributed by atoms with Crippen molar-refractivity contribution in [3.8, 4) is 0 Å². The molecule has 9 nitrogen and oxygen atoms in total. The van der Waals surface area contributed by atoms with Crippen molar-refractivity contribution in [2.45, 2.75) is 270 Å². The fourth-order valence-electron chi connectivity index (χ4n) is 7.93. The Bertz CT molecular complexity index is 1250. The fraction of sp³-hybridized carbons (Fsp3) is 0.810. The Morgan fingerprint density at radius 3 is 1.28 bits per heavy atom. The van der Waals surface area contributed by atoms with Gasteiger partial charge >= 0.3 is 13.8 Å². The maximum atomic E-state index is 12.7. The van der Waals surface area contributed by atoms with Gasteiger partial charge in [0.25, 0.3) is 0 Å². The zero-order valence-corrected chi connectivity index (χ0v) is 45.0. The van der Waals surface area contributed by atoms with E-state index in [4.69, 9.17) is 23.6 Å². The molecule has 398 valence electrons. The van der Waals surface area contributed by atoms with Crippen molar-refractivity contribution in [3.05, 3.63) is 60.8 Å². The number of allylic oxidation sites excluding steroid dienone is 10. The molecule has 0 aromatic heterocycles. The SMILES string of the molecule is CC/C=C\C/C=C\C/C=C\C/C=C\CCCCCCCCCCCCC(=O)OC(COCCCCCCCCCCCCCC/C=C\CCCCCCCCCC)COP(=O)(O)OCC(O)CO. The van der Waals surface area contributed by atoms with Crippen molar-refractivity contribution < 1.29 is 43.0 Å². The van der Waals surface area contributed by atoms with Gasteiger partial charge in [-0.2, -0.15) is 0 Å². The number of aliphatic hydroxyl groups is 2. The number of esters is 1. The standard InChI is InChI=1S/C58H107O9P/c1-3-5-7-9-11-13-15-17-19-21-23-25-27-29-31-33-35-37-39-41-43-45-47-49-51-64-54-57(55-66-68(62,63)65-53-56(60)52-59)67-58(61)50-48-46-44-42-40-38-36-34-32-30-28-26-24-22-20-18-16-14-12-10-8-6-4-2/h6,8,12,14,18,20-21,23-24,26,56-57,59-60H,3-5,7,9-11,13,15-17,19,22,25,27-55H2,1-2H3,(H,62,63)/b8-6-,14-12-,20-18-,23-21-,26-24-. The number of hydrogen-bond acceptors (Lipinski definition) is 8. The zero-order chi connectivity index (χ0) is 49.5. The highest BCUT2D eigenvalue weighted by atomic mass is 31.2. The fourth-order valence-corrected chi connectivity index (χ4v) is 8.72. The third kappa shape index (κ3) is 53.5. The van der Waals surface area contributed by atoms with Gasteiger partial charge < -0.3 is 24.6 Å². The molecule has 0 rings (SSSR count). The summed E-state index contributed by atoms with van der Waals surface area (Å²) >= 11 is 0. The van der Waals surface area contributed by atoms with Crippen LogP contribution in [0.25, 0.3) is 0 Å². The van der Waals surface area contributed by atoms with E-state index in [1.54, 1.807) is 0 Å². The molecule has 0 aliphatic carbocycles. The van der Waals surface area contributed by atoms with Gasteiger partial charge in [-0.25, -0.2) is 4.57 Å². The van der Waals surface area contributed by atoms with Crippen molar-refractivity contribution in [3.63, 3.8) is 0 Å². The first-order valence-corrected chi connectivity index (χ1v) is 29.8. The summed E-state index contributed by atoms with van der Waals surface area (Å²) in [5, 5.41) is 18.5. The minimum Gasteiger partial charge on any atom is -0.457 e. The number of phosphoric acid groups is 1. The highest BCUT2D eigenvalue weighted by molar-refractivity contribution is 7.47. The van der Waals surface area contributed by atoms with Gasteiger partial charge in [0.15, 0.2) is 0 Å². The van der Waals surface area contributed by atoms with Crippen molar-refractivity contribution >= 4 is 13.8 Å². The predicted octanol–water partition coefficient (Wildman–Crippen LogP) is 17.0. The molecule has 68 heavy (non-hydrogen) atoms. The number of rotatable bonds is 54. The molecule has 0 spiro atoms. The minimum atomic E-state index is -4.53. The molecule has 0 aromatic carbocycles. The molecular formula is C58H107O9P. The average molecular weight is 979 g/mol. The Kier molecular flexibility index (Phi) is 53.0. The third-order valence-corrected chi connectivity index (χ3v) is 13.1. The monoisotopic (exact) mass is 979 g/mol. The van der Waals surface area contributed by atoms with Gasteiger partial charge in [0.2, 0.25) is 0 Å². The second-order valence-corrected chi connectivity index (χ2v) is 20.4. The lowest BCUT2D eigenvalue weighted by Crippen LogP contribution is -2.29. The van der Waals surface area contributed by atoms with Gasteiger partial charge in [0, 0.05) is 13.0 Å². The third-order valence-electron chi connectivity index (χ3n) is 12.2. The molecule has 0 fully saturated rings. The Labute approximate surface area is 419 Å². The predicted molar refractivity (Wildman–Crippen MR) is 288 cm³/mol. The molecule has 0 aromatic rings. The lowest BCUT2D eigenvalue weighted by molar-refractivity contribution is -0.154. The number of aliphatic hydroxyl groups excluding tert-OH is 2. The first-order valence-electron chi connectivity index (χ1n) is 28.3. The number of carbonyl (C=O) groups is 1. The number of carbonyl (C=O) groups excluding carboxylic acids is 1. The van der Waals surface area contributed by atoms with Crippen LogP contribution in [-0.4, -0.2) is 66.3 Å². The van der Waals surface area contributed by atoms with Crippen molar-refractivity contribution in [1.82, 2.24) is 0 Å². The van der Waals surface area contributed by atoms with Crippen LogP contribution in [-0.2, 0) is 27.9 Å². The molecular weight excluding hydrogens is 872 g/mol. The van der Waals surface area contributed by atoms with Gasteiger partial charge in [-0.05, 0) is 77.0 Å². The molecule has 3 atom stereocenters. The summed E-state index contributed by atoms with van der Waals surface area (Å²) in [4.78, 5) is 22.8. The first-order chi connectivity index (χ1) is 33.3. The number of ether oxygens (including phenoxy) is 2. The second kappa shape index (κ2) is 54.5. The van der Waals surface area contributed by atoms with Crippen molar-refractivity contribution in [2.24, 2.45) is 0 Å². The summed E-state index contributed by atoms with van der Waals surface area (Å²) in [6, 6.07) is 0. The van der Waals surface area contributed by atoms with Crippen LogP contribution in [0.4, 0.5) is 0 Å². The Balaban J connectivity index is 4.02. The molecule has 0 saturated carbocycles. The van der Waals surface area contributed by atoms with Crippen molar-refractivity contribution in [1.29, 1.82) is 0 Å². The maximum Gasteiger partial charge on any atom is 0.472 e. The quantitative estimate of drug-likeness (QED) is 0.0236. The molecule has 3 unspecified atom stereocenters. The second-order valence-electron chi connectivity index (χ2n) is 18.9. The van der Waals surface area contributed by atoms with E-state index in [0.29, 0.717) is 6.61 Å². The van der Waals surface area contributed by atoms with Gasteiger partial charge in [0.05, 0.1) is 26.4 Å². The Morgan fingerprint density at radius 2 is 0.838 bits per heavy atom. The first kappa shape index (κ1) is 66.2. The van der Waals surface area contributed by atoms with Gasteiger partial charge in [0.1, 0.15) is 12.2 Å². The van der Waals surface area contributed by atoms with E-state index in [9.17, 15) is 19.4 Å². The highest BCUT2D eigenvalue weighted by Crippen LogP contribution is 2.43. The number of phosphoric ester groups is 1. The molecule has 0 saturated heterocycles. The van der Waals surface area contributed by atoms with Crippen LogP contribution < -0.4 is 0 Å². The molecule has 0 aliphatic rings. The topological polar surface area (TPSA) is 132 Å². The van der Waals surface area contributed by atoms with Crippen LogP contribution in [0.5, 0.6) is 0 Å². The summed E-state index contributed by atoms with van der Waals surface area (Å²) in [7, 11) is -4.53. The van der Waals surface area contributed by atoms with E-state index in [0.717, 1.165) is 77.0 Å². The molecule has 0 bridgehead atoms. The van der Waals surface area contributed by atoms with Crippen LogP contribution >= 0.6 is 7.82 Å². The maximum absolute atomic E-state index is 12.7. The summed E-state index contributed by atoms with van der Waals surface area (Å²) in [6.07, 6.45) is 66.3. The zero-order valence-electron chi connectivity index (χ0n) is 44.1. The van der Waals surface area contributed by atoms with Gasteiger partial charge in [-0.1, -0.05) is 235 Å². The van der Waals surface area contributed by atoms with Crippen LogP contribution in [0.1, 0.15) is 258 Å². The van der Waals surface area contributed by atoms with E-state index in [-0.39, 0.29) is 25.6 Å². The molecule has 0 aliphatic heterocycles. The molecule has 0 radical (unpaired) electrons. The summed E-state index contributed by atoms with van der Waals surface area (Å²) < 4.78 is 33.6. The Morgan fingerprint density at radius 1 is 0.471 bits per heavy atom. The summed E-state index contributed by atoms with van der Waals surface area (Å²) in [5.74, 6) is -0.385. The van der Waals surface area contributed by atoms with E-state index in [1.165, 1.54) is 161 Å². The van der Waals surface area contributed by atoms with Crippen LogP contribution in [0, 0.1) is 0 Å². The van der Waals surface area contributed by atoms with Crippen LogP contribution in [0.3, 0.4) is 0 Å². The number of unbranched alkanes of at least 4 members (excludes halogenated alkanes) is 30. The summed E-state index contributed by atoms with van der Waals surface area (Å²) in [5.41, 5.74) is 0. The lowest BCUT2D eigenvalue weighted by Gasteiger charge is -2.20.